The summed E-state index contributed by atoms with van der Waals surface area (Å²) in [6, 6.07) is 5.08. The maximum absolute atomic E-state index is 12.6. The molecule has 28 heavy (non-hydrogen) atoms. The third kappa shape index (κ3) is 7.74. The number of sulfonamides is 1. The average molecular weight is 534 g/mol. The molecule has 2 N–H and O–H groups in total. The Labute approximate surface area is 181 Å². The van der Waals surface area contributed by atoms with Crippen LogP contribution in [0.4, 0.5) is 13.2 Å². The predicted molar refractivity (Wildman–Crippen MR) is 115 cm³/mol. The van der Waals surface area contributed by atoms with Crippen LogP contribution in [0.2, 0.25) is 0 Å². The van der Waals surface area contributed by atoms with Gasteiger partial charge in [0.1, 0.15) is 0 Å². The molecule has 0 aromatic heterocycles. The van der Waals surface area contributed by atoms with Gasteiger partial charge in [0.15, 0.2) is 5.96 Å². The highest BCUT2D eigenvalue weighted by Crippen LogP contribution is 2.29. The van der Waals surface area contributed by atoms with E-state index < -0.39 is 21.8 Å². The minimum atomic E-state index is -4.33. The molecule has 1 aliphatic heterocycles. The summed E-state index contributed by atoms with van der Waals surface area (Å²) >= 11 is 0. The minimum absolute atomic E-state index is 0. The normalized spacial score (nSPS) is 17.2. The SMILES string of the molecule is CCNC(=NCCN1CCCS1(=O)=O)NCCc1ccc(C(F)(F)F)cc1.I. The van der Waals surface area contributed by atoms with Gasteiger partial charge in [-0.25, -0.2) is 12.7 Å². The quantitative estimate of drug-likeness (QED) is 0.321. The summed E-state index contributed by atoms with van der Waals surface area (Å²) in [5.74, 6) is 0.753. The van der Waals surface area contributed by atoms with Gasteiger partial charge < -0.3 is 10.6 Å². The number of nitrogens with one attached hydrogen (secondary N) is 2. The first-order valence-corrected chi connectivity index (χ1v) is 10.5. The number of guanidine groups is 1. The molecule has 1 heterocycles. The van der Waals surface area contributed by atoms with E-state index in [-0.39, 0.29) is 29.7 Å². The Kier molecular flexibility index (Phi) is 9.98. The van der Waals surface area contributed by atoms with Gasteiger partial charge in [0.25, 0.3) is 0 Å². The van der Waals surface area contributed by atoms with Crippen LogP contribution in [-0.2, 0) is 22.6 Å². The van der Waals surface area contributed by atoms with E-state index in [0.717, 1.165) is 17.7 Å². The van der Waals surface area contributed by atoms with Gasteiger partial charge in [-0.2, -0.15) is 13.2 Å². The molecular weight excluding hydrogens is 508 g/mol. The molecular formula is C17H26F3IN4O2S. The molecule has 0 amide bonds. The number of nitrogens with zero attached hydrogens (tertiary/aromatic N) is 2. The van der Waals surface area contributed by atoms with Crippen LogP contribution in [0.25, 0.3) is 0 Å². The van der Waals surface area contributed by atoms with Gasteiger partial charge in [-0.1, -0.05) is 12.1 Å². The molecule has 0 unspecified atom stereocenters. The lowest BCUT2D eigenvalue weighted by molar-refractivity contribution is -0.137. The van der Waals surface area contributed by atoms with Gasteiger partial charge >= 0.3 is 6.18 Å². The molecule has 1 aliphatic rings. The van der Waals surface area contributed by atoms with Gasteiger partial charge in [0.05, 0.1) is 17.9 Å². The topological polar surface area (TPSA) is 73.8 Å². The molecule has 1 fully saturated rings. The van der Waals surface area contributed by atoms with Gasteiger partial charge in [0, 0.05) is 26.2 Å². The van der Waals surface area contributed by atoms with E-state index in [4.69, 9.17) is 0 Å². The highest BCUT2D eigenvalue weighted by Gasteiger charge is 2.30. The monoisotopic (exact) mass is 534 g/mol. The fourth-order valence-electron chi connectivity index (χ4n) is 2.74. The Morgan fingerprint density at radius 1 is 1.21 bits per heavy atom. The zero-order valence-electron chi connectivity index (χ0n) is 15.6. The van der Waals surface area contributed by atoms with E-state index in [9.17, 15) is 21.6 Å². The Morgan fingerprint density at radius 2 is 1.89 bits per heavy atom. The summed E-state index contributed by atoms with van der Waals surface area (Å²) in [5, 5.41) is 6.17. The summed E-state index contributed by atoms with van der Waals surface area (Å²) in [6.07, 6.45) is -3.13. The number of halogens is 4. The Bertz CT molecular complexity index is 740. The maximum Gasteiger partial charge on any atom is 0.416 e. The van der Waals surface area contributed by atoms with E-state index >= 15 is 0 Å². The number of benzene rings is 1. The number of hydrogen-bond donors (Lipinski definition) is 2. The molecule has 2 rings (SSSR count). The second kappa shape index (κ2) is 11.2. The van der Waals surface area contributed by atoms with Gasteiger partial charge in [-0.15, -0.1) is 24.0 Å². The predicted octanol–water partition coefficient (Wildman–Crippen LogP) is 2.46. The van der Waals surface area contributed by atoms with E-state index in [1.165, 1.54) is 16.4 Å². The number of hydrogen-bond acceptors (Lipinski definition) is 3. The molecule has 11 heteroatoms. The number of aliphatic imine (C=N–C) groups is 1. The van der Waals surface area contributed by atoms with Crippen molar-refractivity contribution in [3.8, 4) is 0 Å². The highest BCUT2D eigenvalue weighted by atomic mass is 127. The van der Waals surface area contributed by atoms with E-state index in [0.29, 0.717) is 51.5 Å². The largest absolute Gasteiger partial charge is 0.416 e. The van der Waals surface area contributed by atoms with Crippen LogP contribution in [0.3, 0.4) is 0 Å². The Hall–Kier alpha value is -1.08. The maximum atomic E-state index is 12.6. The summed E-state index contributed by atoms with van der Waals surface area (Å²) < 4.78 is 62.6. The number of rotatable bonds is 7. The zero-order chi connectivity index (χ0) is 19.9. The zero-order valence-corrected chi connectivity index (χ0v) is 18.8. The molecule has 1 aromatic carbocycles. The van der Waals surface area contributed by atoms with Crippen molar-refractivity contribution < 1.29 is 21.6 Å². The van der Waals surface area contributed by atoms with Crippen molar-refractivity contribution in [2.24, 2.45) is 4.99 Å². The first-order chi connectivity index (χ1) is 12.7. The molecule has 1 saturated heterocycles. The second-order valence-corrected chi connectivity index (χ2v) is 8.29. The van der Waals surface area contributed by atoms with Gasteiger partial charge in [0.2, 0.25) is 10.0 Å². The van der Waals surface area contributed by atoms with Crippen molar-refractivity contribution >= 4 is 40.0 Å². The van der Waals surface area contributed by atoms with E-state index in [2.05, 4.69) is 15.6 Å². The summed E-state index contributed by atoms with van der Waals surface area (Å²) in [6.45, 7) is 4.29. The van der Waals surface area contributed by atoms with Crippen molar-refractivity contribution in [2.45, 2.75) is 25.9 Å². The molecule has 160 valence electrons. The minimum Gasteiger partial charge on any atom is -0.357 e. The van der Waals surface area contributed by atoms with E-state index in [1.54, 1.807) is 0 Å². The van der Waals surface area contributed by atoms with E-state index in [1.807, 2.05) is 6.92 Å². The molecule has 0 radical (unpaired) electrons. The standard InChI is InChI=1S/C17H25F3N4O2S.HI/c1-2-21-16(23-10-12-24-11-3-13-27(24,25)26)22-9-8-14-4-6-15(7-5-14)17(18,19)20;/h4-7H,2-3,8-13H2,1H3,(H2,21,22,23);1H. The molecule has 0 spiro atoms. The lowest BCUT2D eigenvalue weighted by Crippen LogP contribution is -2.39. The molecule has 0 saturated carbocycles. The second-order valence-electron chi connectivity index (χ2n) is 6.20. The summed E-state index contributed by atoms with van der Waals surface area (Å²) in [7, 11) is -3.12. The molecule has 1 aromatic rings. The van der Waals surface area contributed by atoms with Crippen molar-refractivity contribution in [1.29, 1.82) is 0 Å². The molecule has 0 bridgehead atoms. The lowest BCUT2D eigenvalue weighted by Gasteiger charge is -2.14. The third-order valence-corrected chi connectivity index (χ3v) is 6.11. The fourth-order valence-corrected chi connectivity index (χ4v) is 4.26. The van der Waals surface area contributed by atoms with Gasteiger partial charge in [-0.3, -0.25) is 4.99 Å². The highest BCUT2D eigenvalue weighted by molar-refractivity contribution is 14.0. The van der Waals surface area contributed by atoms with Crippen LogP contribution in [0.5, 0.6) is 0 Å². The van der Waals surface area contributed by atoms with Crippen LogP contribution < -0.4 is 10.6 Å². The van der Waals surface area contributed by atoms with Crippen molar-refractivity contribution in [1.82, 2.24) is 14.9 Å². The van der Waals surface area contributed by atoms with Crippen LogP contribution >= 0.6 is 24.0 Å². The van der Waals surface area contributed by atoms with Crippen LogP contribution in [0.1, 0.15) is 24.5 Å². The van der Waals surface area contributed by atoms with Crippen molar-refractivity contribution in [3.63, 3.8) is 0 Å². The number of alkyl halides is 3. The Balaban J connectivity index is 0.00000392. The molecule has 0 atom stereocenters. The van der Waals surface area contributed by atoms with Crippen molar-refractivity contribution in [3.05, 3.63) is 35.4 Å². The third-order valence-electron chi connectivity index (χ3n) is 4.15. The molecule has 6 nitrogen and oxygen atoms in total. The smallest absolute Gasteiger partial charge is 0.357 e. The van der Waals surface area contributed by atoms with Gasteiger partial charge in [-0.05, 0) is 37.5 Å². The van der Waals surface area contributed by atoms with Crippen LogP contribution in [0.15, 0.2) is 29.3 Å². The summed E-state index contributed by atoms with van der Waals surface area (Å²) in [5.41, 5.74) is 0.125. The first kappa shape index (κ1) is 25.0. The summed E-state index contributed by atoms with van der Waals surface area (Å²) in [4.78, 5) is 4.36. The Morgan fingerprint density at radius 3 is 2.43 bits per heavy atom. The van der Waals surface area contributed by atoms with Crippen molar-refractivity contribution in [2.75, 3.05) is 38.5 Å². The first-order valence-electron chi connectivity index (χ1n) is 8.88. The lowest BCUT2D eigenvalue weighted by atomic mass is 10.1. The average Bonchev–Trinajstić information content (AvgIpc) is 2.93. The van der Waals surface area contributed by atoms with Crippen LogP contribution in [0, 0.1) is 0 Å². The van der Waals surface area contributed by atoms with Crippen LogP contribution in [-0.4, -0.2) is 57.2 Å². The fraction of sp³-hybridized carbons (Fsp3) is 0.588. The molecule has 0 aliphatic carbocycles.